The highest BCUT2D eigenvalue weighted by Crippen LogP contribution is 2.21. The minimum Gasteiger partial charge on any atom is -0.452 e. The molecular formula is C12H12N2O2S. The molecule has 0 aliphatic rings. The molecule has 2 heterocycles. The van der Waals surface area contributed by atoms with E-state index >= 15 is 0 Å². The third-order valence-electron chi connectivity index (χ3n) is 2.17. The fourth-order valence-electron chi connectivity index (χ4n) is 1.32. The number of carbonyl (C=O) groups is 1. The minimum atomic E-state index is -0.376. The lowest BCUT2D eigenvalue weighted by molar-refractivity contribution is 0.0336. The topological polar surface area (TPSA) is 52.1 Å². The second-order valence-electron chi connectivity index (χ2n) is 3.62. The SMILES string of the molecule is Cc1csc([C@H](C)OC(=O)c2cccnc2)n1. The van der Waals surface area contributed by atoms with E-state index in [0.29, 0.717) is 5.56 Å². The van der Waals surface area contributed by atoms with Gasteiger partial charge in [0.1, 0.15) is 5.01 Å². The highest BCUT2D eigenvalue weighted by molar-refractivity contribution is 7.09. The second-order valence-corrected chi connectivity index (χ2v) is 4.51. The fraction of sp³-hybridized carbons (Fsp3) is 0.250. The summed E-state index contributed by atoms with van der Waals surface area (Å²) < 4.78 is 5.30. The molecule has 4 nitrogen and oxygen atoms in total. The zero-order valence-electron chi connectivity index (χ0n) is 9.58. The molecule has 2 aromatic rings. The molecular weight excluding hydrogens is 236 g/mol. The number of esters is 1. The van der Waals surface area contributed by atoms with Crippen molar-refractivity contribution in [3.05, 3.63) is 46.2 Å². The maximum atomic E-state index is 11.7. The van der Waals surface area contributed by atoms with Crippen molar-refractivity contribution in [2.24, 2.45) is 0 Å². The lowest BCUT2D eigenvalue weighted by Crippen LogP contribution is -2.09. The Balaban J connectivity index is 2.04. The fourth-order valence-corrected chi connectivity index (χ4v) is 2.10. The quantitative estimate of drug-likeness (QED) is 0.784. The van der Waals surface area contributed by atoms with Crippen molar-refractivity contribution in [3.63, 3.8) is 0 Å². The number of aromatic nitrogens is 2. The van der Waals surface area contributed by atoms with E-state index in [4.69, 9.17) is 4.74 Å². The molecule has 1 atom stereocenters. The van der Waals surface area contributed by atoms with E-state index in [1.54, 1.807) is 18.3 Å². The Labute approximate surface area is 103 Å². The summed E-state index contributed by atoms with van der Waals surface area (Å²) in [5, 5.41) is 2.74. The van der Waals surface area contributed by atoms with Gasteiger partial charge in [0.2, 0.25) is 0 Å². The molecule has 0 saturated heterocycles. The normalized spacial score (nSPS) is 12.1. The summed E-state index contributed by atoms with van der Waals surface area (Å²) in [6.07, 6.45) is 2.77. The van der Waals surface area contributed by atoms with Gasteiger partial charge in [-0.15, -0.1) is 11.3 Å². The van der Waals surface area contributed by atoms with Crippen LogP contribution in [0.25, 0.3) is 0 Å². The Morgan fingerprint density at radius 3 is 2.94 bits per heavy atom. The molecule has 0 saturated carbocycles. The summed E-state index contributed by atoms with van der Waals surface area (Å²) in [5.74, 6) is -0.376. The largest absolute Gasteiger partial charge is 0.452 e. The van der Waals surface area contributed by atoms with Crippen LogP contribution in [-0.2, 0) is 4.74 Å². The molecule has 0 amide bonds. The van der Waals surface area contributed by atoms with Crippen LogP contribution in [0.4, 0.5) is 0 Å². The van der Waals surface area contributed by atoms with Crippen molar-refractivity contribution in [2.75, 3.05) is 0 Å². The van der Waals surface area contributed by atoms with Crippen LogP contribution in [0.15, 0.2) is 29.9 Å². The Hall–Kier alpha value is -1.75. The van der Waals surface area contributed by atoms with Gasteiger partial charge in [-0.25, -0.2) is 9.78 Å². The first-order chi connectivity index (χ1) is 8.16. The van der Waals surface area contributed by atoms with Gasteiger partial charge in [-0.05, 0) is 26.0 Å². The van der Waals surface area contributed by atoms with Gasteiger partial charge < -0.3 is 4.74 Å². The van der Waals surface area contributed by atoms with E-state index in [0.717, 1.165) is 10.7 Å². The number of aryl methyl sites for hydroxylation is 1. The predicted octanol–water partition coefficient (Wildman–Crippen LogP) is 2.76. The van der Waals surface area contributed by atoms with Gasteiger partial charge in [0.05, 0.1) is 5.56 Å². The molecule has 0 radical (unpaired) electrons. The van der Waals surface area contributed by atoms with Gasteiger partial charge in [-0.3, -0.25) is 4.98 Å². The van der Waals surface area contributed by atoms with Crippen LogP contribution in [-0.4, -0.2) is 15.9 Å². The number of hydrogen-bond donors (Lipinski definition) is 0. The Kier molecular flexibility index (Phi) is 3.49. The van der Waals surface area contributed by atoms with Crippen molar-refractivity contribution in [1.82, 2.24) is 9.97 Å². The summed E-state index contributed by atoms with van der Waals surface area (Å²) in [7, 11) is 0. The number of thiazole rings is 1. The van der Waals surface area contributed by atoms with Crippen LogP contribution < -0.4 is 0 Å². The molecule has 0 spiro atoms. The molecule has 0 aromatic carbocycles. The highest BCUT2D eigenvalue weighted by atomic mass is 32.1. The van der Waals surface area contributed by atoms with Crippen LogP contribution in [0.2, 0.25) is 0 Å². The van der Waals surface area contributed by atoms with Gasteiger partial charge in [-0.2, -0.15) is 0 Å². The van der Waals surface area contributed by atoms with Gasteiger partial charge in [-0.1, -0.05) is 0 Å². The van der Waals surface area contributed by atoms with Crippen molar-refractivity contribution in [3.8, 4) is 0 Å². The van der Waals surface area contributed by atoms with Crippen molar-refractivity contribution >= 4 is 17.3 Å². The molecule has 2 aromatic heterocycles. The summed E-state index contributed by atoms with van der Waals surface area (Å²) in [4.78, 5) is 19.9. The molecule has 0 aliphatic heterocycles. The van der Waals surface area contributed by atoms with Gasteiger partial charge >= 0.3 is 5.97 Å². The van der Waals surface area contributed by atoms with Crippen LogP contribution in [0.3, 0.4) is 0 Å². The number of carbonyl (C=O) groups excluding carboxylic acids is 1. The number of nitrogens with zero attached hydrogens (tertiary/aromatic N) is 2. The molecule has 0 bridgehead atoms. The van der Waals surface area contributed by atoms with E-state index in [1.165, 1.54) is 17.5 Å². The van der Waals surface area contributed by atoms with E-state index in [1.807, 2.05) is 19.2 Å². The van der Waals surface area contributed by atoms with Crippen LogP contribution >= 0.6 is 11.3 Å². The number of pyridine rings is 1. The molecule has 0 aliphatic carbocycles. The molecule has 2 rings (SSSR count). The third kappa shape index (κ3) is 2.88. The van der Waals surface area contributed by atoms with E-state index in [9.17, 15) is 4.79 Å². The van der Waals surface area contributed by atoms with E-state index in [-0.39, 0.29) is 12.1 Å². The average Bonchev–Trinajstić information content (AvgIpc) is 2.77. The summed E-state index contributed by atoms with van der Waals surface area (Å²) >= 11 is 1.49. The van der Waals surface area contributed by atoms with E-state index in [2.05, 4.69) is 9.97 Å². The first kappa shape index (κ1) is 11.7. The van der Waals surface area contributed by atoms with Gasteiger partial charge in [0.25, 0.3) is 0 Å². The zero-order chi connectivity index (χ0) is 12.3. The van der Waals surface area contributed by atoms with Crippen LogP contribution in [0.5, 0.6) is 0 Å². The van der Waals surface area contributed by atoms with Crippen molar-refractivity contribution in [2.45, 2.75) is 20.0 Å². The maximum Gasteiger partial charge on any atom is 0.340 e. The van der Waals surface area contributed by atoms with Crippen molar-refractivity contribution < 1.29 is 9.53 Å². The summed E-state index contributed by atoms with van der Waals surface area (Å²) in [5.41, 5.74) is 1.39. The molecule has 17 heavy (non-hydrogen) atoms. The van der Waals surface area contributed by atoms with Gasteiger partial charge in [0.15, 0.2) is 6.10 Å². The molecule has 0 N–H and O–H groups in total. The molecule has 88 valence electrons. The van der Waals surface area contributed by atoms with Crippen LogP contribution in [0, 0.1) is 6.92 Å². The standard InChI is InChI=1S/C12H12N2O2S/c1-8-7-17-11(14-8)9(2)16-12(15)10-4-3-5-13-6-10/h3-7,9H,1-2H3/t9-/m0/s1. The predicted molar refractivity (Wildman–Crippen MR) is 64.9 cm³/mol. The molecule has 0 fully saturated rings. The summed E-state index contributed by atoms with van der Waals surface area (Å²) in [6, 6.07) is 3.38. The monoisotopic (exact) mass is 248 g/mol. The highest BCUT2D eigenvalue weighted by Gasteiger charge is 2.16. The Morgan fingerprint density at radius 1 is 1.53 bits per heavy atom. The first-order valence-electron chi connectivity index (χ1n) is 5.20. The van der Waals surface area contributed by atoms with Crippen LogP contribution in [0.1, 0.15) is 34.1 Å². The summed E-state index contributed by atoms with van der Waals surface area (Å²) in [6.45, 7) is 3.72. The Bertz CT molecular complexity index is 510. The van der Waals surface area contributed by atoms with Crippen molar-refractivity contribution in [1.29, 1.82) is 0 Å². The minimum absolute atomic E-state index is 0.332. The molecule has 0 unspecified atom stereocenters. The maximum absolute atomic E-state index is 11.7. The third-order valence-corrected chi connectivity index (χ3v) is 3.29. The molecule has 5 heteroatoms. The number of rotatable bonds is 3. The first-order valence-corrected chi connectivity index (χ1v) is 6.08. The van der Waals surface area contributed by atoms with Gasteiger partial charge in [0, 0.05) is 23.5 Å². The smallest absolute Gasteiger partial charge is 0.340 e. The number of hydrogen-bond acceptors (Lipinski definition) is 5. The lowest BCUT2D eigenvalue weighted by atomic mass is 10.3. The second kappa shape index (κ2) is 5.05. The van der Waals surface area contributed by atoms with E-state index < -0.39 is 0 Å². The Morgan fingerprint density at radius 2 is 2.35 bits per heavy atom. The average molecular weight is 248 g/mol. The lowest BCUT2D eigenvalue weighted by Gasteiger charge is -2.10. The zero-order valence-corrected chi connectivity index (χ0v) is 10.4. The number of ether oxygens (including phenoxy) is 1.